The molecule has 4 aromatic rings. The van der Waals surface area contributed by atoms with Crippen molar-refractivity contribution in [1.29, 1.82) is 0 Å². The number of halogens is 1. The molecule has 1 aliphatic carbocycles. The number of fused-ring (bicyclic) bond motifs is 1. The van der Waals surface area contributed by atoms with E-state index in [1.165, 1.54) is 6.07 Å². The molecule has 2 aromatic carbocycles. The van der Waals surface area contributed by atoms with Gasteiger partial charge in [0, 0.05) is 41.2 Å². The van der Waals surface area contributed by atoms with Gasteiger partial charge in [0.25, 0.3) is 5.91 Å². The Morgan fingerprint density at radius 3 is 2.54 bits per heavy atom. The smallest absolute Gasteiger partial charge is 0.336 e. The summed E-state index contributed by atoms with van der Waals surface area (Å²) in [6, 6.07) is 17.0. The summed E-state index contributed by atoms with van der Waals surface area (Å²) in [7, 11) is 0. The van der Waals surface area contributed by atoms with E-state index >= 15 is 0 Å². The molecule has 180 valence electrons. The van der Waals surface area contributed by atoms with Gasteiger partial charge in [0.1, 0.15) is 11.3 Å². The molecule has 0 radical (unpaired) electrons. The molecule has 0 saturated heterocycles. The minimum Gasteiger partial charge on any atom is -0.468 e. The topological polar surface area (TPSA) is 75.7 Å². The zero-order valence-corrected chi connectivity index (χ0v) is 20.3. The normalized spacial score (nSPS) is 13.5. The van der Waals surface area contributed by atoms with Crippen LogP contribution in [0.15, 0.2) is 74.5 Å². The third-order valence-electron chi connectivity index (χ3n) is 6.27. The van der Waals surface area contributed by atoms with Gasteiger partial charge in [-0.25, -0.2) is 4.79 Å². The standard InChI is InChI=1S/C28H27ClN2O4/c1-2-19-12-26-24(14-25(19)29)21(13-27(32)35-26)16-31(17-23-4-3-11-34-23)15-18-5-7-20(8-6-18)28(33)30-22-9-10-22/h3-8,11-14,22H,2,9-10,15-17H2,1H3,(H,30,33). The first-order chi connectivity index (χ1) is 17.0. The third kappa shape index (κ3) is 5.66. The summed E-state index contributed by atoms with van der Waals surface area (Å²) >= 11 is 6.49. The summed E-state index contributed by atoms with van der Waals surface area (Å²) in [4.78, 5) is 26.9. The lowest BCUT2D eigenvalue weighted by Crippen LogP contribution is -2.25. The molecule has 35 heavy (non-hydrogen) atoms. The largest absolute Gasteiger partial charge is 0.468 e. The van der Waals surface area contributed by atoms with Gasteiger partial charge in [0.05, 0.1) is 12.8 Å². The van der Waals surface area contributed by atoms with Crippen LogP contribution in [0.2, 0.25) is 5.02 Å². The first-order valence-electron chi connectivity index (χ1n) is 11.9. The van der Waals surface area contributed by atoms with Gasteiger partial charge in [0.2, 0.25) is 0 Å². The lowest BCUT2D eigenvalue weighted by atomic mass is 10.0. The van der Waals surface area contributed by atoms with E-state index in [4.69, 9.17) is 20.4 Å². The van der Waals surface area contributed by atoms with Crippen LogP contribution in [0.1, 0.15) is 52.6 Å². The highest BCUT2D eigenvalue weighted by molar-refractivity contribution is 6.32. The summed E-state index contributed by atoms with van der Waals surface area (Å²) in [6.45, 7) is 3.67. The molecule has 0 atom stereocenters. The Hall–Kier alpha value is -3.35. The van der Waals surface area contributed by atoms with Crippen LogP contribution in [0, 0.1) is 0 Å². The van der Waals surface area contributed by atoms with Crippen molar-refractivity contribution in [2.75, 3.05) is 0 Å². The van der Waals surface area contributed by atoms with Gasteiger partial charge in [-0.3, -0.25) is 9.69 Å². The molecule has 1 saturated carbocycles. The first kappa shape index (κ1) is 23.4. The van der Waals surface area contributed by atoms with Crippen LogP contribution in [0.4, 0.5) is 0 Å². The summed E-state index contributed by atoms with van der Waals surface area (Å²) in [5.41, 5.74) is 3.65. The highest BCUT2D eigenvalue weighted by Gasteiger charge is 2.23. The molecule has 7 heteroatoms. The zero-order valence-electron chi connectivity index (χ0n) is 19.6. The highest BCUT2D eigenvalue weighted by Crippen LogP contribution is 2.28. The second-order valence-electron chi connectivity index (χ2n) is 9.05. The van der Waals surface area contributed by atoms with Crippen LogP contribution in [-0.2, 0) is 26.1 Å². The fourth-order valence-corrected chi connectivity index (χ4v) is 4.54. The van der Waals surface area contributed by atoms with Gasteiger partial charge in [-0.2, -0.15) is 0 Å². The van der Waals surface area contributed by atoms with Crippen LogP contribution in [-0.4, -0.2) is 16.8 Å². The lowest BCUT2D eigenvalue weighted by Gasteiger charge is -2.22. The molecular formula is C28H27ClN2O4. The number of carbonyl (C=O) groups is 1. The molecule has 0 aliphatic heterocycles. The van der Waals surface area contributed by atoms with Crippen molar-refractivity contribution < 1.29 is 13.6 Å². The lowest BCUT2D eigenvalue weighted by molar-refractivity contribution is 0.0951. The number of rotatable bonds is 9. The third-order valence-corrected chi connectivity index (χ3v) is 6.62. The number of benzene rings is 2. The van der Waals surface area contributed by atoms with E-state index in [9.17, 15) is 9.59 Å². The van der Waals surface area contributed by atoms with Crippen molar-refractivity contribution in [3.05, 3.63) is 104 Å². The van der Waals surface area contributed by atoms with Crippen LogP contribution < -0.4 is 10.9 Å². The molecule has 2 heterocycles. The predicted octanol–water partition coefficient (Wildman–Crippen LogP) is 5.70. The van der Waals surface area contributed by atoms with E-state index in [2.05, 4.69) is 10.2 Å². The molecular weight excluding hydrogens is 464 g/mol. The van der Waals surface area contributed by atoms with Crippen molar-refractivity contribution in [3.8, 4) is 0 Å². The quantitative estimate of drug-likeness (QED) is 0.305. The number of amides is 1. The maximum Gasteiger partial charge on any atom is 0.336 e. The first-order valence-corrected chi connectivity index (χ1v) is 12.3. The van der Waals surface area contributed by atoms with Crippen LogP contribution >= 0.6 is 11.6 Å². The van der Waals surface area contributed by atoms with Crippen molar-refractivity contribution in [2.24, 2.45) is 0 Å². The molecule has 0 bridgehead atoms. The molecule has 2 aromatic heterocycles. The number of nitrogens with zero attached hydrogens (tertiary/aromatic N) is 1. The van der Waals surface area contributed by atoms with Crippen molar-refractivity contribution in [3.63, 3.8) is 0 Å². The van der Waals surface area contributed by atoms with Gasteiger partial charge >= 0.3 is 5.63 Å². The predicted molar refractivity (Wildman–Crippen MR) is 135 cm³/mol. The summed E-state index contributed by atoms with van der Waals surface area (Å²) in [5.74, 6) is 0.793. The summed E-state index contributed by atoms with van der Waals surface area (Å²) in [6.07, 6.45) is 4.52. The molecule has 6 nitrogen and oxygen atoms in total. The molecule has 1 fully saturated rings. The Morgan fingerprint density at radius 1 is 1.06 bits per heavy atom. The Labute approximate surface area is 208 Å². The van der Waals surface area contributed by atoms with Gasteiger partial charge in [-0.1, -0.05) is 30.7 Å². The van der Waals surface area contributed by atoms with E-state index in [-0.39, 0.29) is 11.5 Å². The molecule has 1 amide bonds. The maximum atomic E-state index is 12.4. The van der Waals surface area contributed by atoms with Crippen LogP contribution in [0.5, 0.6) is 0 Å². The zero-order chi connectivity index (χ0) is 24.4. The maximum absolute atomic E-state index is 12.4. The Bertz CT molecular complexity index is 1390. The molecule has 5 rings (SSSR count). The number of furan rings is 1. The van der Waals surface area contributed by atoms with E-state index in [1.807, 2.05) is 55.5 Å². The summed E-state index contributed by atoms with van der Waals surface area (Å²) < 4.78 is 11.1. The van der Waals surface area contributed by atoms with Crippen LogP contribution in [0.25, 0.3) is 11.0 Å². The van der Waals surface area contributed by atoms with Gasteiger partial charge in [-0.15, -0.1) is 0 Å². The fraction of sp³-hybridized carbons (Fsp3) is 0.286. The Balaban J connectivity index is 1.41. The van der Waals surface area contributed by atoms with E-state index < -0.39 is 0 Å². The molecule has 1 N–H and O–H groups in total. The van der Waals surface area contributed by atoms with Crippen molar-refractivity contribution in [2.45, 2.75) is 51.9 Å². The van der Waals surface area contributed by atoms with Gasteiger partial charge in [0.15, 0.2) is 0 Å². The monoisotopic (exact) mass is 490 g/mol. The van der Waals surface area contributed by atoms with Crippen molar-refractivity contribution in [1.82, 2.24) is 10.2 Å². The van der Waals surface area contributed by atoms with Gasteiger partial charge < -0.3 is 14.2 Å². The molecule has 0 unspecified atom stereocenters. The Kier molecular flexibility index (Phi) is 6.75. The second-order valence-corrected chi connectivity index (χ2v) is 9.46. The van der Waals surface area contributed by atoms with Crippen LogP contribution in [0.3, 0.4) is 0 Å². The van der Waals surface area contributed by atoms with Crippen molar-refractivity contribution >= 4 is 28.5 Å². The number of nitrogens with one attached hydrogen (secondary N) is 1. The summed E-state index contributed by atoms with van der Waals surface area (Å²) in [5, 5.41) is 4.50. The van der Waals surface area contributed by atoms with Gasteiger partial charge in [-0.05, 0) is 72.4 Å². The Morgan fingerprint density at radius 2 is 1.86 bits per heavy atom. The average molecular weight is 491 g/mol. The molecule has 0 spiro atoms. The second kappa shape index (κ2) is 10.1. The SMILES string of the molecule is CCc1cc2oc(=O)cc(CN(Cc3ccc(C(=O)NC4CC4)cc3)Cc3ccco3)c2cc1Cl. The number of carbonyl (C=O) groups excluding carboxylic acids is 1. The molecule has 1 aliphatic rings. The average Bonchev–Trinajstić information content (AvgIpc) is 3.51. The fourth-order valence-electron chi connectivity index (χ4n) is 4.24. The van der Waals surface area contributed by atoms with E-state index in [1.54, 1.807) is 6.26 Å². The van der Waals surface area contributed by atoms with E-state index in [0.717, 1.165) is 47.1 Å². The number of hydrogen-bond acceptors (Lipinski definition) is 5. The minimum absolute atomic E-state index is 0.0303. The highest BCUT2D eigenvalue weighted by atomic mass is 35.5. The van der Waals surface area contributed by atoms with E-state index in [0.29, 0.717) is 41.8 Å². The number of aryl methyl sites for hydroxylation is 1. The number of hydrogen-bond donors (Lipinski definition) is 1. The minimum atomic E-state index is -0.388.